The Morgan fingerprint density at radius 3 is 1.00 bits per heavy atom. The van der Waals surface area contributed by atoms with Crippen molar-refractivity contribution < 1.29 is 58.9 Å². The molecule has 0 aromatic heterocycles. The number of rotatable bonds is 11. The van der Waals surface area contributed by atoms with E-state index in [4.69, 9.17) is 10.2 Å². The van der Waals surface area contributed by atoms with Crippen LogP contribution in [0.5, 0.6) is 0 Å². The van der Waals surface area contributed by atoms with Crippen molar-refractivity contribution in [1.82, 2.24) is 19.6 Å². The fourth-order valence-corrected chi connectivity index (χ4v) is 1.79. The number of halogens is 6. The molecule has 0 aromatic rings. The summed E-state index contributed by atoms with van der Waals surface area (Å²) in [7, 11) is 12.9. The first-order valence-electron chi connectivity index (χ1n) is 9.12. The Labute approximate surface area is 191 Å². The fourth-order valence-electron chi connectivity index (χ4n) is 1.79. The normalized spacial score (nSPS) is 14.6. The van der Waals surface area contributed by atoms with Gasteiger partial charge in [-0.05, 0) is 42.3 Å². The Morgan fingerprint density at radius 2 is 0.800 bits per heavy atom. The zero-order valence-corrected chi connectivity index (χ0v) is 19.8. The predicted molar refractivity (Wildman–Crippen MR) is 101 cm³/mol. The van der Waals surface area contributed by atoms with E-state index < -0.39 is 31.0 Å². The van der Waals surface area contributed by atoms with E-state index in [0.29, 0.717) is 0 Å². The largest absolute Gasteiger partial charge is 0.414 e. The van der Waals surface area contributed by atoms with Crippen molar-refractivity contribution >= 4 is 0 Å². The maximum absolute atomic E-state index is 11.5. The van der Waals surface area contributed by atoms with E-state index in [0.717, 1.165) is 39.3 Å². The number of alkyl halides is 6. The summed E-state index contributed by atoms with van der Waals surface area (Å²) in [5, 5.41) is 16.3. The molecule has 0 spiro atoms. The molecule has 0 saturated carbocycles. The molecule has 0 rings (SSSR count). The van der Waals surface area contributed by atoms with Gasteiger partial charge in [-0.3, -0.25) is 0 Å². The number of likely N-dealkylation sites (N-methyl/N-ethyl adjacent to an activating group) is 4. The summed E-state index contributed by atoms with van der Waals surface area (Å²) in [6.07, 6.45) is -18.4. The van der Waals surface area contributed by atoms with Gasteiger partial charge in [0.05, 0.1) is 0 Å². The second-order valence-corrected chi connectivity index (χ2v) is 7.56. The SMILES string of the molecule is CN(C)CCN(C)CCN(C)CCN(C)C.OC(CC(O)C(F)(F)F)C(F)(F)F.[Ag]. The molecule has 30 heavy (non-hydrogen) atoms. The molecule has 0 aliphatic rings. The van der Waals surface area contributed by atoms with Crippen LogP contribution in [-0.4, -0.2) is 136 Å². The van der Waals surface area contributed by atoms with Crippen LogP contribution in [0.25, 0.3) is 0 Å². The quantitative estimate of drug-likeness (QED) is 0.298. The van der Waals surface area contributed by atoms with Crippen LogP contribution < -0.4 is 0 Å². The van der Waals surface area contributed by atoms with Crippen molar-refractivity contribution in [3.05, 3.63) is 0 Å². The van der Waals surface area contributed by atoms with Gasteiger partial charge in [-0.25, -0.2) is 0 Å². The average Bonchev–Trinajstić information content (AvgIpc) is 2.54. The third-order valence-corrected chi connectivity index (χ3v) is 3.92. The number of hydrogen-bond acceptors (Lipinski definition) is 6. The van der Waals surface area contributed by atoms with E-state index in [-0.39, 0.29) is 22.4 Å². The number of aliphatic hydroxyl groups is 2. The van der Waals surface area contributed by atoms with Gasteiger partial charge in [0.15, 0.2) is 12.2 Å². The molecule has 2 unspecified atom stereocenters. The Hall–Kier alpha value is 0.0803. The van der Waals surface area contributed by atoms with E-state index in [9.17, 15) is 26.3 Å². The van der Waals surface area contributed by atoms with E-state index in [1.807, 2.05) is 0 Å². The summed E-state index contributed by atoms with van der Waals surface area (Å²) in [6, 6.07) is 0. The molecule has 13 heteroatoms. The Morgan fingerprint density at radius 1 is 0.567 bits per heavy atom. The van der Waals surface area contributed by atoms with E-state index >= 15 is 0 Å². The smallest absolute Gasteiger partial charge is 0.384 e. The summed E-state index contributed by atoms with van der Waals surface area (Å²) >= 11 is 0. The molecule has 0 aliphatic heterocycles. The first-order valence-corrected chi connectivity index (χ1v) is 9.12. The van der Waals surface area contributed by atoms with Gasteiger partial charge < -0.3 is 29.8 Å². The summed E-state index contributed by atoms with van der Waals surface area (Å²) in [5.41, 5.74) is 0. The Balaban J connectivity index is -0.000000480. The second kappa shape index (κ2) is 16.7. The van der Waals surface area contributed by atoms with Gasteiger partial charge >= 0.3 is 12.4 Å². The standard InChI is InChI=1S/C12H30N4.C5H6F6O2.Ag/c1-13(2)7-9-15(5)11-12-16(6)10-8-14(3)4;6-4(7,8)2(12)1-3(13)5(9,10)11;/h7-12H2,1-6H3;2-3,12-13H,1H2;. The third-order valence-electron chi connectivity index (χ3n) is 3.92. The Kier molecular flexibility index (Phi) is 19.3. The molecule has 6 nitrogen and oxygen atoms in total. The van der Waals surface area contributed by atoms with Crippen molar-refractivity contribution in [3.63, 3.8) is 0 Å². The Bertz CT molecular complexity index is 379. The summed E-state index contributed by atoms with van der Waals surface area (Å²) in [6.45, 7) is 6.87. The topological polar surface area (TPSA) is 53.4 Å². The molecule has 189 valence electrons. The fraction of sp³-hybridized carbons (Fsp3) is 1.00. The van der Waals surface area contributed by atoms with Crippen LogP contribution in [0, 0.1) is 0 Å². The van der Waals surface area contributed by atoms with Crippen LogP contribution in [-0.2, 0) is 22.4 Å². The zero-order chi connectivity index (χ0) is 23.4. The van der Waals surface area contributed by atoms with Crippen molar-refractivity contribution in [2.75, 3.05) is 81.6 Å². The molecule has 2 atom stereocenters. The van der Waals surface area contributed by atoms with Crippen molar-refractivity contribution in [2.45, 2.75) is 31.0 Å². The molecule has 2 N–H and O–H groups in total. The summed E-state index contributed by atoms with van der Waals surface area (Å²) in [5.74, 6) is 0. The zero-order valence-electron chi connectivity index (χ0n) is 18.4. The van der Waals surface area contributed by atoms with E-state index in [1.54, 1.807) is 0 Å². The molecule has 0 heterocycles. The van der Waals surface area contributed by atoms with Crippen molar-refractivity contribution in [3.8, 4) is 0 Å². The van der Waals surface area contributed by atoms with Gasteiger partial charge in [0.1, 0.15) is 0 Å². The maximum Gasteiger partial charge on any atom is 0.414 e. The predicted octanol–water partition coefficient (Wildman–Crippen LogP) is 1.19. The van der Waals surface area contributed by atoms with Crippen LogP contribution in [0.1, 0.15) is 6.42 Å². The van der Waals surface area contributed by atoms with E-state index in [1.165, 1.54) is 0 Å². The van der Waals surface area contributed by atoms with Gasteiger partial charge in [0.25, 0.3) is 0 Å². The van der Waals surface area contributed by atoms with Gasteiger partial charge in [0, 0.05) is 68.1 Å². The molecule has 0 amide bonds. The van der Waals surface area contributed by atoms with Crippen molar-refractivity contribution in [2.24, 2.45) is 0 Å². The minimum atomic E-state index is -5.15. The first kappa shape index (κ1) is 34.7. The second-order valence-electron chi connectivity index (χ2n) is 7.56. The molecule has 0 saturated heterocycles. The monoisotopic (exact) mass is 549 g/mol. The van der Waals surface area contributed by atoms with Crippen LogP contribution >= 0.6 is 0 Å². The van der Waals surface area contributed by atoms with Crippen molar-refractivity contribution in [1.29, 1.82) is 0 Å². The molecule has 0 fully saturated rings. The molecule has 0 aliphatic carbocycles. The summed E-state index contributed by atoms with van der Waals surface area (Å²) in [4.78, 5) is 9.25. The molecular weight excluding hydrogens is 514 g/mol. The minimum Gasteiger partial charge on any atom is -0.384 e. The van der Waals surface area contributed by atoms with E-state index in [2.05, 4.69) is 61.9 Å². The van der Waals surface area contributed by atoms with Gasteiger partial charge in [-0.1, -0.05) is 0 Å². The molecule has 0 bridgehead atoms. The third kappa shape index (κ3) is 21.3. The van der Waals surface area contributed by atoms with Crippen LogP contribution in [0.3, 0.4) is 0 Å². The van der Waals surface area contributed by atoms with Crippen LogP contribution in [0.4, 0.5) is 26.3 Å². The number of aliphatic hydroxyl groups excluding tert-OH is 2. The van der Waals surface area contributed by atoms with Crippen LogP contribution in [0.15, 0.2) is 0 Å². The molecular formula is C17H36AgF6N4O2. The number of hydrogen-bond donors (Lipinski definition) is 2. The van der Waals surface area contributed by atoms with Crippen LogP contribution in [0.2, 0.25) is 0 Å². The minimum absolute atomic E-state index is 0. The average molecular weight is 550 g/mol. The number of nitrogens with zero attached hydrogens (tertiary/aromatic N) is 4. The molecule has 0 aromatic carbocycles. The molecule has 1 radical (unpaired) electrons. The van der Waals surface area contributed by atoms with Gasteiger partial charge in [-0.2, -0.15) is 26.3 Å². The first-order chi connectivity index (χ1) is 13.0. The van der Waals surface area contributed by atoms with Gasteiger partial charge in [0.2, 0.25) is 0 Å². The van der Waals surface area contributed by atoms with Gasteiger partial charge in [-0.15, -0.1) is 0 Å². The summed E-state index contributed by atoms with van der Waals surface area (Å²) < 4.78 is 68.8. The maximum atomic E-state index is 11.5.